The highest BCUT2D eigenvalue weighted by Crippen LogP contribution is 2.35. The molecule has 0 radical (unpaired) electrons. The normalized spacial score (nSPS) is 18.2. The largest absolute Gasteiger partial charge is 0.347 e. The topological polar surface area (TPSA) is 75.4 Å². The summed E-state index contributed by atoms with van der Waals surface area (Å²) in [5, 5.41) is 2.75. The smallest absolute Gasteiger partial charge is 0.241 e. The molecule has 18 heavy (non-hydrogen) atoms. The molecule has 1 rings (SSSR count). The Balaban J connectivity index is 2.50. The van der Waals surface area contributed by atoms with Crippen LogP contribution in [-0.4, -0.2) is 43.4 Å². The van der Waals surface area contributed by atoms with E-state index >= 15 is 0 Å². The average molecular weight is 255 g/mol. The van der Waals surface area contributed by atoms with Gasteiger partial charge in [0.05, 0.1) is 12.0 Å². The van der Waals surface area contributed by atoms with Gasteiger partial charge in [0.1, 0.15) is 0 Å². The van der Waals surface area contributed by atoms with Crippen molar-refractivity contribution in [3.05, 3.63) is 0 Å². The van der Waals surface area contributed by atoms with Gasteiger partial charge in [0.2, 0.25) is 11.8 Å². The van der Waals surface area contributed by atoms with Gasteiger partial charge in [-0.3, -0.25) is 9.59 Å². The molecule has 0 saturated heterocycles. The van der Waals surface area contributed by atoms with Crippen molar-refractivity contribution >= 4 is 11.8 Å². The fourth-order valence-corrected chi connectivity index (χ4v) is 2.41. The summed E-state index contributed by atoms with van der Waals surface area (Å²) < 4.78 is 0. The van der Waals surface area contributed by atoms with Crippen LogP contribution in [0.1, 0.15) is 39.0 Å². The van der Waals surface area contributed by atoms with Crippen molar-refractivity contribution in [3.63, 3.8) is 0 Å². The van der Waals surface area contributed by atoms with Crippen LogP contribution >= 0.6 is 0 Å². The van der Waals surface area contributed by atoms with Crippen molar-refractivity contribution in [3.8, 4) is 0 Å². The fraction of sp³-hybridized carbons (Fsp3) is 0.846. The van der Waals surface area contributed by atoms with Gasteiger partial charge in [-0.15, -0.1) is 0 Å². The number of hydrogen-bond donors (Lipinski definition) is 2. The van der Waals surface area contributed by atoms with Gasteiger partial charge in [0.15, 0.2) is 0 Å². The van der Waals surface area contributed by atoms with Crippen LogP contribution in [0.2, 0.25) is 0 Å². The minimum atomic E-state index is -0.441. The van der Waals surface area contributed by atoms with Crippen LogP contribution in [0.15, 0.2) is 0 Å². The zero-order valence-corrected chi connectivity index (χ0v) is 11.5. The second-order valence-electron chi connectivity index (χ2n) is 5.14. The molecule has 1 aliphatic carbocycles. The highest BCUT2D eigenvalue weighted by Gasteiger charge is 2.38. The van der Waals surface area contributed by atoms with E-state index in [1.807, 2.05) is 6.92 Å². The maximum Gasteiger partial charge on any atom is 0.241 e. The molecule has 5 heteroatoms. The first kappa shape index (κ1) is 15.0. The highest BCUT2D eigenvalue weighted by molar-refractivity contribution is 5.88. The molecule has 2 amide bonds. The maximum absolute atomic E-state index is 12.2. The number of nitrogens with two attached hydrogens (primary N) is 1. The third-order valence-corrected chi connectivity index (χ3v) is 3.98. The summed E-state index contributed by atoms with van der Waals surface area (Å²) >= 11 is 0. The first-order chi connectivity index (χ1) is 8.55. The molecule has 1 saturated carbocycles. The van der Waals surface area contributed by atoms with Crippen LogP contribution in [0.5, 0.6) is 0 Å². The van der Waals surface area contributed by atoms with E-state index in [9.17, 15) is 9.59 Å². The fourth-order valence-electron chi connectivity index (χ4n) is 2.41. The molecule has 1 fully saturated rings. The van der Waals surface area contributed by atoms with Gasteiger partial charge in [-0.25, -0.2) is 0 Å². The Hall–Kier alpha value is -1.10. The van der Waals surface area contributed by atoms with E-state index < -0.39 is 5.41 Å². The van der Waals surface area contributed by atoms with E-state index in [0.717, 1.165) is 25.7 Å². The van der Waals surface area contributed by atoms with Crippen molar-refractivity contribution in [2.24, 2.45) is 11.1 Å². The summed E-state index contributed by atoms with van der Waals surface area (Å²) in [7, 11) is 1.73. The first-order valence-corrected chi connectivity index (χ1v) is 6.78. The zero-order chi connectivity index (χ0) is 13.6. The number of carbonyl (C=O) groups is 2. The van der Waals surface area contributed by atoms with E-state index in [4.69, 9.17) is 5.73 Å². The summed E-state index contributed by atoms with van der Waals surface area (Å²) in [6.07, 6.45) is 4.95. The van der Waals surface area contributed by atoms with E-state index in [0.29, 0.717) is 13.1 Å². The van der Waals surface area contributed by atoms with Gasteiger partial charge in [-0.1, -0.05) is 19.3 Å². The molecule has 0 aromatic rings. The van der Waals surface area contributed by atoms with Crippen molar-refractivity contribution < 1.29 is 9.59 Å². The Morgan fingerprint density at radius 2 is 1.89 bits per heavy atom. The van der Waals surface area contributed by atoms with Crippen LogP contribution in [0.3, 0.4) is 0 Å². The van der Waals surface area contributed by atoms with Gasteiger partial charge < -0.3 is 16.0 Å². The maximum atomic E-state index is 12.2. The van der Waals surface area contributed by atoms with Crippen molar-refractivity contribution in [1.29, 1.82) is 0 Å². The minimum Gasteiger partial charge on any atom is -0.347 e. The molecule has 0 unspecified atom stereocenters. The van der Waals surface area contributed by atoms with Crippen LogP contribution in [-0.2, 0) is 9.59 Å². The Labute approximate surface area is 109 Å². The lowest BCUT2D eigenvalue weighted by atomic mass is 9.73. The second-order valence-corrected chi connectivity index (χ2v) is 5.14. The lowest BCUT2D eigenvalue weighted by Gasteiger charge is -2.34. The first-order valence-electron chi connectivity index (χ1n) is 6.78. The Morgan fingerprint density at radius 1 is 1.28 bits per heavy atom. The minimum absolute atomic E-state index is 0.0532. The lowest BCUT2D eigenvalue weighted by molar-refractivity contribution is -0.136. The van der Waals surface area contributed by atoms with Crippen LogP contribution in [0.25, 0.3) is 0 Å². The molecule has 0 aliphatic heterocycles. The molecular weight excluding hydrogens is 230 g/mol. The molecule has 0 aromatic heterocycles. The van der Waals surface area contributed by atoms with Gasteiger partial charge in [0, 0.05) is 20.1 Å². The molecule has 3 N–H and O–H groups in total. The monoisotopic (exact) mass is 255 g/mol. The average Bonchev–Trinajstić information content (AvgIpc) is 2.43. The van der Waals surface area contributed by atoms with Crippen molar-refractivity contribution in [1.82, 2.24) is 10.2 Å². The number of hydrogen-bond acceptors (Lipinski definition) is 3. The van der Waals surface area contributed by atoms with Crippen LogP contribution in [0.4, 0.5) is 0 Å². The number of nitrogens with zero attached hydrogens (tertiary/aromatic N) is 1. The van der Waals surface area contributed by atoms with Crippen molar-refractivity contribution in [2.45, 2.75) is 39.0 Å². The Bertz CT molecular complexity index is 299. The van der Waals surface area contributed by atoms with E-state index in [1.165, 1.54) is 6.42 Å². The third-order valence-electron chi connectivity index (χ3n) is 3.98. The molecule has 1 aliphatic rings. The van der Waals surface area contributed by atoms with Gasteiger partial charge in [-0.2, -0.15) is 0 Å². The van der Waals surface area contributed by atoms with Crippen LogP contribution in [0, 0.1) is 5.41 Å². The molecule has 0 spiro atoms. The van der Waals surface area contributed by atoms with E-state index in [1.54, 1.807) is 11.9 Å². The van der Waals surface area contributed by atoms with Gasteiger partial charge >= 0.3 is 0 Å². The molecule has 104 valence electrons. The summed E-state index contributed by atoms with van der Waals surface area (Å²) in [5.41, 5.74) is 5.33. The molecular formula is C13H25N3O2. The predicted octanol–water partition coefficient (Wildman–Crippen LogP) is 0.490. The van der Waals surface area contributed by atoms with Gasteiger partial charge in [0.25, 0.3) is 0 Å². The standard InChI is InChI=1S/C13H25N3O2/c1-3-16(2)11(17)9-15-12(18)13(10-14)7-5-4-6-8-13/h3-10,14H2,1-2H3,(H,15,18). The number of carbonyl (C=O) groups excluding carboxylic acids is 2. The number of amides is 2. The summed E-state index contributed by atoms with van der Waals surface area (Å²) in [4.78, 5) is 25.4. The lowest BCUT2D eigenvalue weighted by Crippen LogP contribution is -2.49. The third kappa shape index (κ3) is 3.45. The molecule has 0 heterocycles. The Kier molecular flexibility index (Phi) is 5.59. The molecule has 0 aromatic carbocycles. The Morgan fingerprint density at radius 3 is 2.39 bits per heavy atom. The summed E-state index contributed by atoms with van der Waals surface area (Å²) in [6, 6.07) is 0. The van der Waals surface area contributed by atoms with Gasteiger partial charge in [-0.05, 0) is 19.8 Å². The summed E-state index contributed by atoms with van der Waals surface area (Å²) in [6.45, 7) is 3.00. The highest BCUT2D eigenvalue weighted by atomic mass is 16.2. The zero-order valence-electron chi connectivity index (χ0n) is 11.5. The second kappa shape index (κ2) is 6.73. The predicted molar refractivity (Wildman–Crippen MR) is 70.9 cm³/mol. The number of nitrogens with one attached hydrogen (secondary N) is 1. The van der Waals surface area contributed by atoms with E-state index in [-0.39, 0.29) is 18.4 Å². The quantitative estimate of drug-likeness (QED) is 0.750. The number of likely N-dealkylation sites (N-methyl/N-ethyl adjacent to an activating group) is 1. The molecule has 0 bridgehead atoms. The SMILES string of the molecule is CCN(C)C(=O)CNC(=O)C1(CN)CCCCC1. The summed E-state index contributed by atoms with van der Waals surface area (Å²) in [5.74, 6) is -0.114. The molecule has 0 atom stereocenters. The van der Waals surface area contributed by atoms with Crippen molar-refractivity contribution in [2.75, 3.05) is 26.7 Å². The molecule has 5 nitrogen and oxygen atoms in total. The van der Waals surface area contributed by atoms with E-state index in [2.05, 4.69) is 5.32 Å². The van der Waals surface area contributed by atoms with Crippen LogP contribution < -0.4 is 11.1 Å². The number of rotatable bonds is 5.